The van der Waals surface area contributed by atoms with Crippen molar-refractivity contribution in [3.8, 4) is 11.1 Å². The number of hydrogen-bond donors (Lipinski definition) is 0. The minimum absolute atomic E-state index is 1.11. The standard InChI is InChI=1S/C13H8.2Li/c1-3-7-12-10(5-1)9-11-6-2-4-8-13(11)12;;/h1-6H,9H2;;. The van der Waals surface area contributed by atoms with Gasteiger partial charge >= 0.3 is 109 Å². The molecule has 0 heterocycles. The maximum absolute atomic E-state index is 2.25. The van der Waals surface area contributed by atoms with Crippen molar-refractivity contribution in [2.75, 3.05) is 0 Å². The summed E-state index contributed by atoms with van der Waals surface area (Å²) in [5, 5.41) is 0. The van der Waals surface area contributed by atoms with Crippen LogP contribution in [-0.4, -0.2) is 35.4 Å². The second-order valence-electron chi connectivity index (χ2n) is 4.39. The van der Waals surface area contributed by atoms with Crippen molar-refractivity contribution in [3.05, 3.63) is 47.5 Å². The predicted molar refractivity (Wildman–Crippen MR) is 65.5 cm³/mol. The topological polar surface area (TPSA) is 0 Å². The van der Waals surface area contributed by atoms with E-state index in [0.29, 0.717) is 0 Å². The van der Waals surface area contributed by atoms with E-state index in [-0.39, 0.29) is 0 Å². The zero-order valence-corrected chi connectivity index (χ0v) is 9.17. The van der Waals surface area contributed by atoms with Crippen molar-refractivity contribution in [1.82, 2.24) is 0 Å². The molecule has 0 atom stereocenters. The average Bonchev–Trinajstić information content (AvgIpc) is 2.58. The summed E-state index contributed by atoms with van der Waals surface area (Å²) in [4.78, 5) is 0. The molecule has 0 N–H and O–H groups in total. The van der Waals surface area contributed by atoms with Gasteiger partial charge in [-0.2, -0.15) is 0 Å². The molecular formula is C13H8Li2. The predicted octanol–water partition coefficient (Wildman–Crippen LogP) is 0.845. The van der Waals surface area contributed by atoms with Crippen molar-refractivity contribution in [3.63, 3.8) is 0 Å². The van der Waals surface area contributed by atoms with E-state index in [2.05, 4.69) is 71.8 Å². The molecule has 0 nitrogen and oxygen atoms in total. The molecule has 0 saturated heterocycles. The van der Waals surface area contributed by atoms with Crippen LogP contribution in [0.5, 0.6) is 0 Å². The molecule has 2 heteroatoms. The Morgan fingerprint density at radius 1 is 0.733 bits per heavy atom. The first-order chi connectivity index (χ1) is 7.27. The fourth-order valence-electron chi connectivity index (χ4n) is 2.67. The summed E-state index contributed by atoms with van der Waals surface area (Å²) in [5.74, 6) is 0. The van der Waals surface area contributed by atoms with E-state index in [0.717, 1.165) is 6.42 Å². The van der Waals surface area contributed by atoms with Crippen LogP contribution in [0.4, 0.5) is 0 Å². The number of benzene rings is 2. The van der Waals surface area contributed by atoms with Gasteiger partial charge in [0.1, 0.15) is 0 Å². The molecule has 0 spiro atoms. The summed E-state index contributed by atoms with van der Waals surface area (Å²) < 4.78 is 2.81. The van der Waals surface area contributed by atoms with Gasteiger partial charge in [0.25, 0.3) is 0 Å². The summed E-state index contributed by atoms with van der Waals surface area (Å²) in [6.07, 6.45) is 1.11. The van der Waals surface area contributed by atoms with Crippen LogP contribution in [0.1, 0.15) is 11.1 Å². The molecule has 3 rings (SSSR count). The first kappa shape index (κ1) is 9.83. The quantitative estimate of drug-likeness (QED) is 0.447. The molecule has 0 unspecified atom stereocenters. The molecule has 1 aliphatic carbocycles. The number of fused-ring (bicyclic) bond motifs is 3. The monoisotopic (exact) mass is 178 g/mol. The van der Waals surface area contributed by atoms with E-state index >= 15 is 0 Å². The van der Waals surface area contributed by atoms with Crippen LogP contribution < -0.4 is 8.47 Å². The van der Waals surface area contributed by atoms with Gasteiger partial charge in [-0.1, -0.05) is 0 Å². The first-order valence-corrected chi connectivity index (χ1v) is 5.45. The van der Waals surface area contributed by atoms with Gasteiger partial charge < -0.3 is 0 Å². The Labute approximate surface area is 108 Å². The van der Waals surface area contributed by atoms with Gasteiger partial charge in [-0.25, -0.2) is 0 Å². The van der Waals surface area contributed by atoms with Gasteiger partial charge in [-0.15, -0.1) is 0 Å². The van der Waals surface area contributed by atoms with Crippen LogP contribution in [0.15, 0.2) is 36.4 Å². The van der Waals surface area contributed by atoms with E-state index in [4.69, 9.17) is 0 Å². The summed E-state index contributed by atoms with van der Waals surface area (Å²) in [6, 6.07) is 13.2. The van der Waals surface area contributed by atoms with Gasteiger partial charge in [-0.05, 0) is 0 Å². The number of hydrogen-bond acceptors (Lipinski definition) is 0. The van der Waals surface area contributed by atoms with Gasteiger partial charge in [0.05, 0.1) is 0 Å². The third-order valence-corrected chi connectivity index (χ3v) is 3.35. The Bertz CT molecular complexity index is 495. The molecule has 1 aliphatic rings. The van der Waals surface area contributed by atoms with E-state index in [1.54, 1.807) is 0 Å². The van der Waals surface area contributed by atoms with Gasteiger partial charge in [-0.3, -0.25) is 0 Å². The third-order valence-electron chi connectivity index (χ3n) is 3.35. The van der Waals surface area contributed by atoms with Crippen LogP contribution in [0, 0.1) is 0 Å². The SMILES string of the molecule is [Li][c]1cccc2c1-c1[c]([Li])cccc1C2. The van der Waals surface area contributed by atoms with Gasteiger partial charge in [0.2, 0.25) is 0 Å². The van der Waals surface area contributed by atoms with Crippen LogP contribution >= 0.6 is 0 Å². The first-order valence-electron chi connectivity index (χ1n) is 5.45. The molecule has 2 aromatic carbocycles. The van der Waals surface area contributed by atoms with Crippen LogP contribution in [0.2, 0.25) is 0 Å². The molecule has 0 amide bonds. The Hall–Kier alpha value is -0.365. The van der Waals surface area contributed by atoms with Crippen LogP contribution in [-0.2, 0) is 6.42 Å². The van der Waals surface area contributed by atoms with E-state index in [1.165, 1.54) is 30.7 Å². The second-order valence-corrected chi connectivity index (χ2v) is 4.39. The molecule has 0 aromatic heterocycles. The van der Waals surface area contributed by atoms with Crippen molar-refractivity contribution in [1.29, 1.82) is 0 Å². The van der Waals surface area contributed by atoms with Gasteiger partial charge in [0.15, 0.2) is 0 Å². The average molecular weight is 178 g/mol. The number of rotatable bonds is 0. The van der Waals surface area contributed by atoms with Crippen molar-refractivity contribution in [2.45, 2.75) is 6.42 Å². The molecular weight excluding hydrogens is 170 g/mol. The zero-order chi connectivity index (χ0) is 10.4. The fourth-order valence-corrected chi connectivity index (χ4v) is 2.67. The zero-order valence-electron chi connectivity index (χ0n) is 9.17. The fraction of sp³-hybridized carbons (Fsp3) is 0.0769. The molecule has 0 bridgehead atoms. The Morgan fingerprint density at radius 2 is 1.20 bits per heavy atom. The second kappa shape index (κ2) is 3.59. The van der Waals surface area contributed by atoms with Crippen LogP contribution in [0.3, 0.4) is 0 Å². The molecule has 62 valence electrons. The minimum atomic E-state index is 1.11. The van der Waals surface area contributed by atoms with Gasteiger partial charge in [0, 0.05) is 0 Å². The van der Waals surface area contributed by atoms with Crippen molar-refractivity contribution >= 4 is 43.9 Å². The molecule has 0 saturated carbocycles. The normalized spacial score (nSPS) is 12.5. The van der Waals surface area contributed by atoms with Crippen molar-refractivity contribution in [2.24, 2.45) is 0 Å². The molecule has 2 aromatic rings. The van der Waals surface area contributed by atoms with Crippen LogP contribution in [0.25, 0.3) is 11.1 Å². The summed E-state index contributed by atoms with van der Waals surface area (Å²) in [5.41, 5.74) is 5.93. The molecule has 0 radical (unpaired) electrons. The van der Waals surface area contributed by atoms with Crippen molar-refractivity contribution < 1.29 is 0 Å². The Kier molecular flexibility index (Phi) is 2.35. The van der Waals surface area contributed by atoms with E-state index in [1.807, 2.05) is 0 Å². The Balaban J connectivity index is 2.39. The van der Waals surface area contributed by atoms with E-state index < -0.39 is 0 Å². The summed E-state index contributed by atoms with van der Waals surface area (Å²) in [7, 11) is 0. The maximum atomic E-state index is 2.25. The summed E-state index contributed by atoms with van der Waals surface area (Å²) >= 11 is 4.42. The molecule has 0 aliphatic heterocycles. The molecule has 0 fully saturated rings. The molecule has 15 heavy (non-hydrogen) atoms. The Morgan fingerprint density at radius 3 is 1.67 bits per heavy atom. The van der Waals surface area contributed by atoms with E-state index in [9.17, 15) is 0 Å². The third kappa shape index (κ3) is 1.45. The summed E-state index contributed by atoms with van der Waals surface area (Å²) in [6.45, 7) is 0.